The predicted molar refractivity (Wildman–Crippen MR) is 45.9 cm³/mol. The summed E-state index contributed by atoms with van der Waals surface area (Å²) in [5.74, 6) is 0. The van der Waals surface area contributed by atoms with Gasteiger partial charge in [-0.25, -0.2) is 0 Å². The molecule has 0 aliphatic heterocycles. The Balaban J connectivity index is 2.33. The van der Waals surface area contributed by atoms with E-state index in [-0.39, 0.29) is 6.61 Å². The molecule has 0 aromatic heterocycles. The number of aliphatic hydroxyl groups is 2. The van der Waals surface area contributed by atoms with Crippen LogP contribution >= 0.6 is 0 Å². The van der Waals surface area contributed by atoms with Crippen molar-refractivity contribution in [3.63, 3.8) is 0 Å². The number of benzene rings is 1. The standard InChI is InChI=1S/C10H12O2/c11-7-10(12)5-8-3-1-2-4-9(8)6-10/h1-4,11-12H,5-7H2. The molecule has 0 bridgehead atoms. The molecule has 2 nitrogen and oxygen atoms in total. The summed E-state index contributed by atoms with van der Waals surface area (Å²) in [5.41, 5.74) is 1.42. The molecule has 0 atom stereocenters. The van der Waals surface area contributed by atoms with E-state index < -0.39 is 5.60 Å². The Morgan fingerprint density at radius 2 is 1.67 bits per heavy atom. The minimum Gasteiger partial charge on any atom is -0.393 e. The van der Waals surface area contributed by atoms with Gasteiger partial charge >= 0.3 is 0 Å². The molecule has 1 aromatic rings. The van der Waals surface area contributed by atoms with Gasteiger partial charge in [0, 0.05) is 12.8 Å². The molecule has 0 heterocycles. The minimum absolute atomic E-state index is 0.151. The number of aliphatic hydroxyl groups excluding tert-OH is 1. The summed E-state index contributed by atoms with van der Waals surface area (Å²) in [4.78, 5) is 0. The van der Waals surface area contributed by atoms with Crippen LogP contribution < -0.4 is 0 Å². The highest BCUT2D eigenvalue weighted by atomic mass is 16.3. The molecule has 1 aromatic carbocycles. The second-order valence-corrected chi connectivity index (χ2v) is 3.50. The molecule has 64 valence electrons. The lowest BCUT2D eigenvalue weighted by atomic mass is 10.0. The molecule has 0 saturated heterocycles. The molecule has 0 spiro atoms. The van der Waals surface area contributed by atoms with Gasteiger partial charge < -0.3 is 10.2 Å². The highest BCUT2D eigenvalue weighted by Gasteiger charge is 2.33. The van der Waals surface area contributed by atoms with E-state index in [1.165, 1.54) is 0 Å². The van der Waals surface area contributed by atoms with E-state index >= 15 is 0 Å². The maximum Gasteiger partial charge on any atom is 0.0957 e. The Hall–Kier alpha value is -0.860. The van der Waals surface area contributed by atoms with Crippen molar-refractivity contribution in [1.82, 2.24) is 0 Å². The van der Waals surface area contributed by atoms with Crippen LogP contribution in [0.3, 0.4) is 0 Å². The lowest BCUT2D eigenvalue weighted by Crippen LogP contribution is -2.33. The van der Waals surface area contributed by atoms with Gasteiger partial charge in [0.1, 0.15) is 0 Å². The molecular formula is C10H12O2. The van der Waals surface area contributed by atoms with Crippen molar-refractivity contribution in [1.29, 1.82) is 0 Å². The van der Waals surface area contributed by atoms with Gasteiger partial charge in [0.15, 0.2) is 0 Å². The molecule has 0 fully saturated rings. The number of hydrogen-bond donors (Lipinski definition) is 2. The van der Waals surface area contributed by atoms with Crippen molar-refractivity contribution >= 4 is 0 Å². The maximum absolute atomic E-state index is 9.77. The summed E-state index contributed by atoms with van der Waals surface area (Å²) < 4.78 is 0. The summed E-state index contributed by atoms with van der Waals surface area (Å²) in [7, 11) is 0. The maximum atomic E-state index is 9.77. The van der Waals surface area contributed by atoms with Crippen LogP contribution in [0.25, 0.3) is 0 Å². The Morgan fingerprint density at radius 1 is 1.17 bits per heavy atom. The van der Waals surface area contributed by atoms with Gasteiger partial charge in [-0.2, -0.15) is 0 Å². The average Bonchev–Trinajstić information content (AvgIpc) is 2.42. The summed E-state index contributed by atoms with van der Waals surface area (Å²) in [6.45, 7) is -0.151. The largest absolute Gasteiger partial charge is 0.393 e. The quantitative estimate of drug-likeness (QED) is 0.635. The van der Waals surface area contributed by atoms with Crippen LogP contribution in [0.2, 0.25) is 0 Å². The first kappa shape index (κ1) is 7.77. The van der Waals surface area contributed by atoms with Crippen molar-refractivity contribution in [2.75, 3.05) is 6.61 Å². The van der Waals surface area contributed by atoms with Crippen LogP contribution in [-0.2, 0) is 12.8 Å². The third-order valence-corrected chi connectivity index (χ3v) is 2.45. The zero-order chi connectivity index (χ0) is 8.60. The van der Waals surface area contributed by atoms with Crippen LogP contribution in [0.5, 0.6) is 0 Å². The molecule has 12 heavy (non-hydrogen) atoms. The molecule has 0 amide bonds. The second-order valence-electron chi connectivity index (χ2n) is 3.50. The monoisotopic (exact) mass is 164 g/mol. The van der Waals surface area contributed by atoms with E-state index in [0.717, 1.165) is 11.1 Å². The Morgan fingerprint density at radius 3 is 2.08 bits per heavy atom. The third-order valence-electron chi connectivity index (χ3n) is 2.45. The topological polar surface area (TPSA) is 40.5 Å². The van der Waals surface area contributed by atoms with E-state index in [1.807, 2.05) is 24.3 Å². The zero-order valence-corrected chi connectivity index (χ0v) is 6.83. The van der Waals surface area contributed by atoms with Gasteiger partial charge in [0.2, 0.25) is 0 Å². The van der Waals surface area contributed by atoms with Crippen LogP contribution in [0.1, 0.15) is 11.1 Å². The lowest BCUT2D eigenvalue weighted by molar-refractivity contribution is -0.00512. The molecular weight excluding hydrogens is 152 g/mol. The number of hydrogen-bond acceptors (Lipinski definition) is 2. The van der Waals surface area contributed by atoms with Crippen LogP contribution in [-0.4, -0.2) is 22.4 Å². The molecule has 2 rings (SSSR count). The van der Waals surface area contributed by atoms with Crippen LogP contribution in [0.4, 0.5) is 0 Å². The second kappa shape index (κ2) is 2.57. The lowest BCUT2D eigenvalue weighted by Gasteiger charge is -2.17. The van der Waals surface area contributed by atoms with E-state index in [1.54, 1.807) is 0 Å². The van der Waals surface area contributed by atoms with Crippen molar-refractivity contribution in [3.05, 3.63) is 35.4 Å². The van der Waals surface area contributed by atoms with Gasteiger partial charge in [-0.15, -0.1) is 0 Å². The van der Waals surface area contributed by atoms with E-state index in [9.17, 15) is 5.11 Å². The van der Waals surface area contributed by atoms with Crippen molar-refractivity contribution in [2.45, 2.75) is 18.4 Å². The third kappa shape index (κ3) is 1.13. The molecule has 2 heteroatoms. The summed E-state index contributed by atoms with van der Waals surface area (Å²) in [6, 6.07) is 7.93. The van der Waals surface area contributed by atoms with Gasteiger partial charge in [-0.3, -0.25) is 0 Å². The predicted octanol–water partition coefficient (Wildman–Crippen LogP) is 0.509. The molecule has 2 N–H and O–H groups in total. The average molecular weight is 164 g/mol. The van der Waals surface area contributed by atoms with Crippen molar-refractivity contribution in [2.24, 2.45) is 0 Å². The van der Waals surface area contributed by atoms with E-state index in [2.05, 4.69) is 0 Å². The first-order chi connectivity index (χ1) is 5.73. The first-order valence-corrected chi connectivity index (χ1v) is 4.13. The summed E-state index contributed by atoms with van der Waals surface area (Å²) >= 11 is 0. The molecule has 0 unspecified atom stereocenters. The van der Waals surface area contributed by atoms with Gasteiger partial charge in [-0.1, -0.05) is 24.3 Å². The molecule has 1 aliphatic rings. The number of fused-ring (bicyclic) bond motifs is 1. The Kier molecular flexibility index (Phi) is 1.67. The van der Waals surface area contributed by atoms with E-state index in [4.69, 9.17) is 5.11 Å². The molecule has 0 saturated carbocycles. The van der Waals surface area contributed by atoms with E-state index in [0.29, 0.717) is 12.8 Å². The Bertz CT molecular complexity index is 269. The van der Waals surface area contributed by atoms with Crippen molar-refractivity contribution in [3.8, 4) is 0 Å². The van der Waals surface area contributed by atoms with Gasteiger partial charge in [0.05, 0.1) is 12.2 Å². The highest BCUT2D eigenvalue weighted by molar-refractivity contribution is 5.35. The smallest absolute Gasteiger partial charge is 0.0957 e. The van der Waals surface area contributed by atoms with Crippen molar-refractivity contribution < 1.29 is 10.2 Å². The normalized spacial score (nSPS) is 19.2. The number of rotatable bonds is 1. The SMILES string of the molecule is OCC1(O)Cc2ccccc2C1. The molecule has 0 radical (unpaired) electrons. The van der Waals surface area contributed by atoms with Crippen LogP contribution in [0, 0.1) is 0 Å². The van der Waals surface area contributed by atoms with Gasteiger partial charge in [0.25, 0.3) is 0 Å². The minimum atomic E-state index is -0.899. The Labute approximate surface area is 71.5 Å². The highest BCUT2D eigenvalue weighted by Crippen LogP contribution is 2.29. The summed E-state index contributed by atoms with van der Waals surface area (Å²) in [6.07, 6.45) is 1.17. The fourth-order valence-electron chi connectivity index (χ4n) is 1.79. The van der Waals surface area contributed by atoms with Crippen LogP contribution in [0.15, 0.2) is 24.3 Å². The van der Waals surface area contributed by atoms with Gasteiger partial charge in [-0.05, 0) is 11.1 Å². The fourth-order valence-corrected chi connectivity index (χ4v) is 1.79. The molecule has 1 aliphatic carbocycles. The zero-order valence-electron chi connectivity index (χ0n) is 6.83. The first-order valence-electron chi connectivity index (χ1n) is 4.13. The summed E-state index contributed by atoms with van der Waals surface area (Å²) in [5, 5.41) is 18.7. The fraction of sp³-hybridized carbons (Fsp3) is 0.400.